The number of carboxylic acid groups (broad SMARTS) is 1. The molecule has 7 heteroatoms. The maximum absolute atomic E-state index is 12.2. The summed E-state index contributed by atoms with van der Waals surface area (Å²) in [5.41, 5.74) is 0.348. The van der Waals surface area contributed by atoms with Crippen LogP contribution in [-0.2, 0) is 4.79 Å². The lowest BCUT2D eigenvalue weighted by atomic mass is 10.2. The number of benzene rings is 1. The highest BCUT2D eigenvalue weighted by Crippen LogP contribution is 2.31. The van der Waals surface area contributed by atoms with Crippen LogP contribution >= 0.6 is 0 Å². The molecule has 1 atom stereocenters. The van der Waals surface area contributed by atoms with E-state index in [1.165, 1.54) is 32.2 Å². The third kappa shape index (κ3) is 3.76. The lowest BCUT2D eigenvalue weighted by molar-refractivity contribution is -0.137. The van der Waals surface area contributed by atoms with Crippen molar-refractivity contribution in [2.24, 2.45) is 0 Å². The van der Waals surface area contributed by atoms with Crippen molar-refractivity contribution in [2.45, 2.75) is 19.6 Å². The average molecular weight is 261 g/mol. The minimum Gasteiger partial charge on any atom is -0.493 e. The summed E-state index contributed by atoms with van der Waals surface area (Å²) in [5.74, 6) is -1.07. The van der Waals surface area contributed by atoms with Crippen molar-refractivity contribution in [2.75, 3.05) is 12.4 Å². The van der Waals surface area contributed by atoms with Gasteiger partial charge in [0.1, 0.15) is 6.04 Å². The number of anilines is 1. The topological polar surface area (TPSA) is 67.8 Å². The summed E-state index contributed by atoms with van der Waals surface area (Å²) in [4.78, 5) is 10.7. The van der Waals surface area contributed by atoms with E-state index in [4.69, 9.17) is 9.84 Å². The number of nitrogens with one attached hydrogen (secondary N) is 1. The van der Waals surface area contributed by atoms with E-state index in [9.17, 15) is 13.6 Å². The maximum atomic E-state index is 12.2. The van der Waals surface area contributed by atoms with Crippen LogP contribution in [0.2, 0.25) is 0 Å². The van der Waals surface area contributed by atoms with Gasteiger partial charge in [-0.05, 0) is 19.1 Å². The molecule has 0 amide bonds. The van der Waals surface area contributed by atoms with Gasteiger partial charge >= 0.3 is 12.6 Å². The summed E-state index contributed by atoms with van der Waals surface area (Å²) in [6.45, 7) is -1.55. The monoisotopic (exact) mass is 261 g/mol. The number of hydrogen-bond donors (Lipinski definition) is 2. The molecule has 0 bridgehead atoms. The molecule has 100 valence electrons. The van der Waals surface area contributed by atoms with Crippen LogP contribution in [-0.4, -0.2) is 30.8 Å². The molecule has 0 spiro atoms. The highest BCUT2D eigenvalue weighted by atomic mass is 19.3. The van der Waals surface area contributed by atoms with Crippen molar-refractivity contribution >= 4 is 11.7 Å². The number of rotatable bonds is 6. The Labute approximate surface area is 102 Å². The number of hydrogen-bond acceptors (Lipinski definition) is 4. The molecular formula is C11H13F2NO4. The highest BCUT2D eigenvalue weighted by molar-refractivity contribution is 5.77. The molecule has 2 N–H and O–H groups in total. The molecule has 0 fully saturated rings. The van der Waals surface area contributed by atoms with Gasteiger partial charge in [0.15, 0.2) is 11.5 Å². The SMILES string of the molecule is COc1ccc(NC(C)C(=O)O)cc1OC(F)F. The van der Waals surface area contributed by atoms with E-state index in [0.717, 1.165) is 0 Å². The Balaban J connectivity index is 2.91. The van der Waals surface area contributed by atoms with E-state index in [1.807, 2.05) is 0 Å². The van der Waals surface area contributed by atoms with Crippen molar-refractivity contribution < 1.29 is 28.2 Å². The second kappa shape index (κ2) is 6.04. The van der Waals surface area contributed by atoms with E-state index >= 15 is 0 Å². The summed E-state index contributed by atoms with van der Waals surface area (Å²) in [6.07, 6.45) is 0. The number of alkyl halides is 2. The molecule has 0 aliphatic carbocycles. The number of halogens is 2. The number of carbonyl (C=O) groups is 1. The Morgan fingerprint density at radius 2 is 2.06 bits per heavy atom. The number of methoxy groups -OCH3 is 1. The van der Waals surface area contributed by atoms with Crippen LogP contribution in [0.4, 0.5) is 14.5 Å². The first-order valence-electron chi connectivity index (χ1n) is 5.06. The molecular weight excluding hydrogens is 248 g/mol. The fraction of sp³-hybridized carbons (Fsp3) is 0.364. The van der Waals surface area contributed by atoms with Crippen molar-refractivity contribution in [3.63, 3.8) is 0 Å². The Morgan fingerprint density at radius 1 is 1.39 bits per heavy atom. The summed E-state index contributed by atoms with van der Waals surface area (Å²) >= 11 is 0. The fourth-order valence-corrected chi connectivity index (χ4v) is 1.27. The van der Waals surface area contributed by atoms with Crippen LogP contribution in [0, 0.1) is 0 Å². The summed E-state index contributed by atoms with van der Waals surface area (Å²) in [7, 11) is 1.32. The zero-order valence-electron chi connectivity index (χ0n) is 9.81. The number of aliphatic carboxylic acids is 1. The van der Waals surface area contributed by atoms with Gasteiger partial charge in [0.05, 0.1) is 7.11 Å². The van der Waals surface area contributed by atoms with E-state index in [0.29, 0.717) is 5.69 Å². The van der Waals surface area contributed by atoms with E-state index < -0.39 is 18.6 Å². The first-order valence-corrected chi connectivity index (χ1v) is 5.06. The van der Waals surface area contributed by atoms with Gasteiger partial charge in [0.2, 0.25) is 0 Å². The summed E-state index contributed by atoms with van der Waals surface area (Å²) < 4.78 is 33.5. The molecule has 1 aromatic rings. The molecule has 5 nitrogen and oxygen atoms in total. The van der Waals surface area contributed by atoms with Crippen molar-refractivity contribution in [1.29, 1.82) is 0 Å². The van der Waals surface area contributed by atoms with Crippen LogP contribution in [0.25, 0.3) is 0 Å². The molecule has 0 aliphatic rings. The first kappa shape index (κ1) is 14.0. The average Bonchev–Trinajstić information content (AvgIpc) is 2.28. The van der Waals surface area contributed by atoms with Crippen LogP contribution in [0.3, 0.4) is 0 Å². The third-order valence-electron chi connectivity index (χ3n) is 2.13. The normalized spacial score (nSPS) is 12.1. The lowest BCUT2D eigenvalue weighted by Gasteiger charge is -2.14. The van der Waals surface area contributed by atoms with Gasteiger partial charge in [-0.1, -0.05) is 0 Å². The number of carboxylic acids is 1. The summed E-state index contributed by atoms with van der Waals surface area (Å²) in [6, 6.07) is 3.33. The Bertz CT molecular complexity index is 426. The molecule has 0 saturated carbocycles. The Morgan fingerprint density at radius 3 is 2.56 bits per heavy atom. The Hall–Kier alpha value is -2.05. The smallest absolute Gasteiger partial charge is 0.387 e. The summed E-state index contributed by atoms with van der Waals surface area (Å²) in [5, 5.41) is 11.3. The van der Waals surface area contributed by atoms with Crippen molar-refractivity contribution in [3.05, 3.63) is 18.2 Å². The van der Waals surface area contributed by atoms with Crippen LogP contribution < -0.4 is 14.8 Å². The van der Waals surface area contributed by atoms with Gasteiger partial charge in [-0.3, -0.25) is 4.79 Å². The second-order valence-corrected chi connectivity index (χ2v) is 3.45. The fourth-order valence-electron chi connectivity index (χ4n) is 1.27. The van der Waals surface area contributed by atoms with Gasteiger partial charge < -0.3 is 19.9 Å². The minimum absolute atomic E-state index is 0.142. The van der Waals surface area contributed by atoms with E-state index in [2.05, 4.69) is 10.1 Å². The van der Waals surface area contributed by atoms with Gasteiger partial charge in [-0.2, -0.15) is 8.78 Å². The van der Waals surface area contributed by atoms with Crippen LogP contribution in [0.1, 0.15) is 6.92 Å². The van der Waals surface area contributed by atoms with Crippen molar-refractivity contribution in [1.82, 2.24) is 0 Å². The van der Waals surface area contributed by atoms with E-state index in [-0.39, 0.29) is 11.5 Å². The number of ether oxygens (including phenoxy) is 2. The predicted molar refractivity (Wildman–Crippen MR) is 60.3 cm³/mol. The molecule has 0 aliphatic heterocycles. The lowest BCUT2D eigenvalue weighted by Crippen LogP contribution is -2.25. The molecule has 0 aromatic heterocycles. The molecule has 0 saturated heterocycles. The zero-order chi connectivity index (χ0) is 13.7. The molecule has 0 radical (unpaired) electrons. The van der Waals surface area contributed by atoms with Gasteiger partial charge in [-0.25, -0.2) is 0 Å². The molecule has 0 heterocycles. The second-order valence-electron chi connectivity index (χ2n) is 3.45. The van der Waals surface area contributed by atoms with E-state index in [1.54, 1.807) is 0 Å². The van der Waals surface area contributed by atoms with Gasteiger partial charge in [0, 0.05) is 11.8 Å². The highest BCUT2D eigenvalue weighted by Gasteiger charge is 2.14. The molecule has 1 rings (SSSR count). The van der Waals surface area contributed by atoms with Gasteiger partial charge in [-0.15, -0.1) is 0 Å². The first-order chi connectivity index (χ1) is 8.43. The maximum Gasteiger partial charge on any atom is 0.387 e. The van der Waals surface area contributed by atoms with Crippen LogP contribution in [0.5, 0.6) is 11.5 Å². The van der Waals surface area contributed by atoms with Crippen molar-refractivity contribution in [3.8, 4) is 11.5 Å². The third-order valence-corrected chi connectivity index (χ3v) is 2.13. The predicted octanol–water partition coefficient (Wildman–Crippen LogP) is 2.18. The molecule has 1 aromatic carbocycles. The standard InChI is InChI=1S/C11H13F2NO4/c1-6(10(15)16)14-7-3-4-8(17-2)9(5-7)18-11(12)13/h3-6,11,14H,1-2H3,(H,15,16). The Kier molecular flexibility index (Phi) is 4.70. The largest absolute Gasteiger partial charge is 0.493 e. The zero-order valence-corrected chi connectivity index (χ0v) is 9.81. The van der Waals surface area contributed by atoms with Crippen LogP contribution in [0.15, 0.2) is 18.2 Å². The molecule has 18 heavy (non-hydrogen) atoms. The molecule has 1 unspecified atom stereocenters. The quantitative estimate of drug-likeness (QED) is 0.821. The van der Waals surface area contributed by atoms with Gasteiger partial charge in [0.25, 0.3) is 0 Å². The minimum atomic E-state index is -2.98.